The third-order valence-corrected chi connectivity index (χ3v) is 4.50. The van der Waals surface area contributed by atoms with Gasteiger partial charge in [-0.25, -0.2) is 0 Å². The maximum atomic E-state index is 11.7. The molecule has 5 atom stereocenters. The number of fused-ring (bicyclic) bond motifs is 1. The van der Waals surface area contributed by atoms with Crippen LogP contribution < -0.4 is 10.1 Å². The van der Waals surface area contributed by atoms with E-state index in [-0.39, 0.29) is 0 Å². The number of rotatable bonds is 5. The van der Waals surface area contributed by atoms with Crippen molar-refractivity contribution in [3.8, 4) is 5.75 Å². The number of amides is 1. The summed E-state index contributed by atoms with van der Waals surface area (Å²) in [5.74, 6) is -0.580. The number of hydrogen-bond donors (Lipinski definition) is 3. The molecule has 0 unspecified atom stereocenters. The zero-order valence-electron chi connectivity index (χ0n) is 15.6. The molecule has 3 N–H and O–H groups in total. The minimum absolute atomic E-state index is 0.410. The number of aliphatic hydroxyl groups is 2. The molecule has 1 amide bonds. The van der Waals surface area contributed by atoms with E-state index in [9.17, 15) is 19.8 Å². The Labute approximate surface area is 162 Å². The molecule has 8 heteroatoms. The molecule has 150 valence electrons. The minimum atomic E-state index is -1.33. The molecular formula is C20H23NO7. The molecule has 1 saturated heterocycles. The van der Waals surface area contributed by atoms with Gasteiger partial charge in [0.05, 0.1) is 6.61 Å². The lowest BCUT2D eigenvalue weighted by Crippen LogP contribution is -2.66. The molecule has 3 rings (SSSR count). The Balaban J connectivity index is 1.91. The van der Waals surface area contributed by atoms with Crippen molar-refractivity contribution in [2.24, 2.45) is 0 Å². The molecule has 2 aromatic rings. The highest BCUT2D eigenvalue weighted by Crippen LogP contribution is 2.28. The third-order valence-electron chi connectivity index (χ3n) is 4.50. The number of hydrogen-bond acceptors (Lipinski definition) is 7. The SMILES string of the molecule is CC(=O)N[C@@H]1[C@H](Oc2ccc3ccccc3c2)O[C@H](CO)[C@@H](O)[C@@H]1OC(C)=O. The van der Waals surface area contributed by atoms with Crippen LogP contribution in [0.3, 0.4) is 0 Å². The summed E-state index contributed by atoms with van der Waals surface area (Å²) >= 11 is 0. The molecule has 28 heavy (non-hydrogen) atoms. The summed E-state index contributed by atoms with van der Waals surface area (Å²) in [4.78, 5) is 23.2. The van der Waals surface area contributed by atoms with Crippen molar-refractivity contribution < 1.29 is 34.0 Å². The van der Waals surface area contributed by atoms with Crippen LogP contribution >= 0.6 is 0 Å². The Kier molecular flexibility index (Phi) is 6.13. The standard InChI is InChI=1S/C20H23NO7/c1-11(23)21-17-19(26-12(2)24)18(25)16(10-22)28-20(17)27-15-8-7-13-5-3-4-6-14(13)9-15/h3-9,16-20,22,25H,10H2,1-2H3,(H,21,23)/t16-,17+,18-,19-,20-/m1/s1. The van der Waals surface area contributed by atoms with E-state index >= 15 is 0 Å². The zero-order chi connectivity index (χ0) is 20.3. The number of carbonyl (C=O) groups is 2. The second kappa shape index (κ2) is 8.55. The molecule has 2 aromatic carbocycles. The Morgan fingerprint density at radius 3 is 2.50 bits per heavy atom. The summed E-state index contributed by atoms with van der Waals surface area (Å²) in [5.41, 5.74) is 0. The topological polar surface area (TPSA) is 114 Å². The van der Waals surface area contributed by atoms with E-state index in [0.717, 1.165) is 10.8 Å². The van der Waals surface area contributed by atoms with Gasteiger partial charge in [0.25, 0.3) is 0 Å². The fraction of sp³-hybridized carbons (Fsp3) is 0.400. The van der Waals surface area contributed by atoms with Crippen LogP contribution in [0.25, 0.3) is 10.8 Å². The summed E-state index contributed by atoms with van der Waals surface area (Å²) in [7, 11) is 0. The van der Waals surface area contributed by atoms with Crippen LogP contribution in [0.15, 0.2) is 42.5 Å². The monoisotopic (exact) mass is 389 g/mol. The van der Waals surface area contributed by atoms with Crippen LogP contribution in [0.1, 0.15) is 13.8 Å². The Hall–Kier alpha value is -2.68. The Bertz CT molecular complexity index is 855. The predicted molar refractivity (Wildman–Crippen MR) is 99.5 cm³/mol. The highest BCUT2D eigenvalue weighted by atomic mass is 16.7. The van der Waals surface area contributed by atoms with E-state index in [1.54, 1.807) is 6.07 Å². The first-order valence-corrected chi connectivity index (χ1v) is 8.93. The average molecular weight is 389 g/mol. The maximum Gasteiger partial charge on any atom is 0.303 e. The normalized spacial score (nSPS) is 27.2. The fourth-order valence-corrected chi connectivity index (χ4v) is 3.26. The fourth-order valence-electron chi connectivity index (χ4n) is 3.26. The van der Waals surface area contributed by atoms with Crippen molar-refractivity contribution in [1.82, 2.24) is 5.32 Å². The number of aliphatic hydroxyl groups excluding tert-OH is 2. The summed E-state index contributed by atoms with van der Waals surface area (Å²) in [6, 6.07) is 12.2. The Morgan fingerprint density at radius 2 is 1.86 bits per heavy atom. The molecule has 0 radical (unpaired) electrons. The number of carbonyl (C=O) groups excluding carboxylic acids is 2. The van der Waals surface area contributed by atoms with Crippen molar-refractivity contribution >= 4 is 22.6 Å². The molecule has 0 spiro atoms. The molecule has 1 aliphatic rings. The van der Waals surface area contributed by atoms with Crippen LogP contribution in [0.5, 0.6) is 5.75 Å². The largest absolute Gasteiger partial charge is 0.463 e. The van der Waals surface area contributed by atoms with Crippen molar-refractivity contribution in [1.29, 1.82) is 0 Å². The van der Waals surface area contributed by atoms with Crippen molar-refractivity contribution in [2.45, 2.75) is 44.5 Å². The summed E-state index contributed by atoms with van der Waals surface area (Å²) < 4.78 is 16.8. The van der Waals surface area contributed by atoms with Crippen LogP contribution in [0.2, 0.25) is 0 Å². The lowest BCUT2D eigenvalue weighted by atomic mass is 9.96. The van der Waals surface area contributed by atoms with E-state index in [1.807, 2.05) is 36.4 Å². The van der Waals surface area contributed by atoms with E-state index in [2.05, 4.69) is 5.32 Å². The molecular weight excluding hydrogens is 366 g/mol. The predicted octanol–water partition coefficient (Wildman–Crippen LogP) is 0.733. The molecule has 0 aliphatic carbocycles. The highest BCUT2D eigenvalue weighted by Gasteiger charge is 2.48. The smallest absolute Gasteiger partial charge is 0.303 e. The van der Waals surface area contributed by atoms with Gasteiger partial charge in [0.15, 0.2) is 6.10 Å². The second-order valence-electron chi connectivity index (χ2n) is 6.64. The molecule has 1 heterocycles. The molecule has 0 saturated carbocycles. The summed E-state index contributed by atoms with van der Waals surface area (Å²) in [5, 5.41) is 24.5. The quantitative estimate of drug-likeness (QED) is 0.646. The van der Waals surface area contributed by atoms with Crippen LogP contribution in [-0.4, -0.2) is 59.3 Å². The summed E-state index contributed by atoms with van der Waals surface area (Å²) in [6.45, 7) is 1.98. The van der Waals surface area contributed by atoms with Gasteiger partial charge in [0.1, 0.15) is 24.0 Å². The molecule has 8 nitrogen and oxygen atoms in total. The van der Waals surface area contributed by atoms with Gasteiger partial charge >= 0.3 is 5.97 Å². The highest BCUT2D eigenvalue weighted by molar-refractivity contribution is 5.83. The summed E-state index contributed by atoms with van der Waals surface area (Å²) in [6.07, 6.45) is -4.60. The first-order chi connectivity index (χ1) is 13.4. The number of nitrogens with one attached hydrogen (secondary N) is 1. The van der Waals surface area contributed by atoms with E-state index in [1.165, 1.54) is 13.8 Å². The van der Waals surface area contributed by atoms with Gasteiger partial charge < -0.3 is 29.7 Å². The van der Waals surface area contributed by atoms with E-state index in [4.69, 9.17) is 14.2 Å². The van der Waals surface area contributed by atoms with Crippen LogP contribution in [0, 0.1) is 0 Å². The molecule has 0 aromatic heterocycles. The van der Waals surface area contributed by atoms with E-state index in [0.29, 0.717) is 5.75 Å². The zero-order valence-corrected chi connectivity index (χ0v) is 15.6. The van der Waals surface area contributed by atoms with Gasteiger partial charge in [-0.3, -0.25) is 9.59 Å². The molecule has 1 fully saturated rings. The van der Waals surface area contributed by atoms with Crippen molar-refractivity contribution in [2.75, 3.05) is 6.61 Å². The first kappa shape index (κ1) is 20.1. The van der Waals surface area contributed by atoms with Gasteiger partial charge in [-0.15, -0.1) is 0 Å². The van der Waals surface area contributed by atoms with E-state index < -0.39 is 49.1 Å². The number of esters is 1. The first-order valence-electron chi connectivity index (χ1n) is 8.93. The van der Waals surface area contributed by atoms with Gasteiger partial charge in [-0.05, 0) is 22.9 Å². The lowest BCUT2D eigenvalue weighted by Gasteiger charge is -2.43. The van der Waals surface area contributed by atoms with Crippen LogP contribution in [-0.2, 0) is 19.1 Å². The van der Waals surface area contributed by atoms with Crippen molar-refractivity contribution in [3.05, 3.63) is 42.5 Å². The van der Waals surface area contributed by atoms with Crippen LogP contribution in [0.4, 0.5) is 0 Å². The molecule has 0 bridgehead atoms. The van der Waals surface area contributed by atoms with Gasteiger partial charge in [-0.1, -0.05) is 30.3 Å². The van der Waals surface area contributed by atoms with Crippen molar-refractivity contribution in [3.63, 3.8) is 0 Å². The number of ether oxygens (including phenoxy) is 3. The van der Waals surface area contributed by atoms with Gasteiger partial charge in [0, 0.05) is 13.8 Å². The molecule has 1 aliphatic heterocycles. The average Bonchev–Trinajstić information content (AvgIpc) is 2.66. The maximum absolute atomic E-state index is 11.7. The minimum Gasteiger partial charge on any atom is -0.463 e. The van der Waals surface area contributed by atoms with Gasteiger partial charge in [0.2, 0.25) is 12.2 Å². The number of benzene rings is 2. The lowest BCUT2D eigenvalue weighted by molar-refractivity contribution is -0.249. The second-order valence-corrected chi connectivity index (χ2v) is 6.64. The Morgan fingerprint density at radius 1 is 1.14 bits per heavy atom. The van der Waals surface area contributed by atoms with Gasteiger partial charge in [-0.2, -0.15) is 0 Å². The third kappa shape index (κ3) is 4.41.